The molecular weight excluding hydrogens is 396 g/mol. The van der Waals surface area contributed by atoms with Gasteiger partial charge in [-0.25, -0.2) is 9.80 Å². The Morgan fingerprint density at radius 2 is 1.87 bits per heavy atom. The Kier molecular flexibility index (Phi) is 4.91. The molecule has 1 aromatic carbocycles. The summed E-state index contributed by atoms with van der Waals surface area (Å²) in [4.78, 5) is 43.3. The van der Waals surface area contributed by atoms with Crippen LogP contribution >= 0.6 is 0 Å². The second-order valence-corrected chi connectivity index (χ2v) is 8.16. The number of Topliss-reactive ketones (excluding diaryl/α,β-unsaturated/α-hetero) is 1. The van der Waals surface area contributed by atoms with E-state index >= 15 is 0 Å². The van der Waals surface area contributed by atoms with Gasteiger partial charge < -0.3 is 0 Å². The molecule has 0 saturated carbocycles. The molecule has 4 rings (SSSR count). The maximum Gasteiger partial charge on any atom is 0.332 e. The van der Waals surface area contributed by atoms with E-state index in [9.17, 15) is 14.4 Å². The van der Waals surface area contributed by atoms with Crippen molar-refractivity contribution >= 4 is 28.6 Å². The van der Waals surface area contributed by atoms with Crippen LogP contribution in [0, 0.1) is 6.92 Å². The molecule has 0 fully saturated rings. The largest absolute Gasteiger partial charge is 0.332 e. The fraction of sp³-hybridized carbons (Fsp3) is 0.409. The number of carbonyl (C=O) groups is 1. The summed E-state index contributed by atoms with van der Waals surface area (Å²) in [5, 5.41) is 6.09. The number of fused-ring (bicyclic) bond motifs is 3. The molecule has 0 unspecified atom stereocenters. The third-order valence-electron chi connectivity index (χ3n) is 6.16. The number of hydrogen-bond acceptors (Lipinski definition) is 6. The van der Waals surface area contributed by atoms with Crippen molar-refractivity contribution < 1.29 is 4.79 Å². The average Bonchev–Trinajstić information content (AvgIpc) is 3.14. The molecule has 9 heteroatoms. The van der Waals surface area contributed by atoms with Crippen molar-refractivity contribution in [1.29, 1.82) is 0 Å². The van der Waals surface area contributed by atoms with Crippen molar-refractivity contribution in [1.82, 2.24) is 18.7 Å². The van der Waals surface area contributed by atoms with Crippen molar-refractivity contribution in [3.8, 4) is 0 Å². The van der Waals surface area contributed by atoms with E-state index in [0.717, 1.165) is 16.8 Å². The number of nitrogens with zero attached hydrogens (tertiary/aromatic N) is 6. The van der Waals surface area contributed by atoms with E-state index in [2.05, 4.69) is 10.1 Å². The number of ketones is 1. The van der Waals surface area contributed by atoms with Crippen LogP contribution in [0.15, 0.2) is 39.0 Å². The number of hydrogen-bond donors (Lipinski definition) is 0. The maximum atomic E-state index is 13.6. The van der Waals surface area contributed by atoms with Crippen molar-refractivity contribution in [3.63, 3.8) is 0 Å². The SMILES string of the molecule is CC(=O)[C@H](C)N1N=C(C)[C@H](C)n2c1nc1c2c(=O)n(Cc2ccccc2C)c(=O)n1C. The summed E-state index contributed by atoms with van der Waals surface area (Å²) in [5.74, 6) is 0.312. The monoisotopic (exact) mass is 422 g/mol. The molecule has 31 heavy (non-hydrogen) atoms. The normalized spacial score (nSPS) is 16.9. The molecular formula is C22H26N6O3. The second kappa shape index (κ2) is 7.33. The van der Waals surface area contributed by atoms with Gasteiger partial charge in [0.05, 0.1) is 18.3 Å². The van der Waals surface area contributed by atoms with E-state index < -0.39 is 17.3 Å². The molecule has 0 amide bonds. The summed E-state index contributed by atoms with van der Waals surface area (Å²) in [6.45, 7) is 9.14. The van der Waals surface area contributed by atoms with Gasteiger partial charge in [0, 0.05) is 7.05 Å². The summed E-state index contributed by atoms with van der Waals surface area (Å²) < 4.78 is 4.42. The van der Waals surface area contributed by atoms with Gasteiger partial charge in [0.1, 0.15) is 6.04 Å². The highest BCUT2D eigenvalue weighted by atomic mass is 16.2. The topological polar surface area (TPSA) is 94.5 Å². The fourth-order valence-corrected chi connectivity index (χ4v) is 3.87. The van der Waals surface area contributed by atoms with E-state index in [1.807, 2.05) is 45.0 Å². The standard InChI is InChI=1S/C22H26N6O3/c1-12-9-7-8-10-17(12)11-26-20(30)18-19(25(6)22(26)31)23-21-27(18)14(3)13(2)24-28(21)15(4)16(5)29/h7-10,14-15H,11H2,1-6H3/t14-,15-/m0/s1. The van der Waals surface area contributed by atoms with Crippen LogP contribution < -0.4 is 16.3 Å². The lowest BCUT2D eigenvalue weighted by Crippen LogP contribution is -2.42. The number of anilines is 1. The zero-order valence-electron chi connectivity index (χ0n) is 18.6. The first-order valence-electron chi connectivity index (χ1n) is 10.2. The second-order valence-electron chi connectivity index (χ2n) is 8.16. The summed E-state index contributed by atoms with van der Waals surface area (Å²) in [6.07, 6.45) is 0. The van der Waals surface area contributed by atoms with Crippen LogP contribution in [0.5, 0.6) is 0 Å². The van der Waals surface area contributed by atoms with Gasteiger partial charge in [-0.2, -0.15) is 10.1 Å². The number of benzene rings is 1. The molecule has 1 aliphatic rings. The zero-order chi connectivity index (χ0) is 22.6. The molecule has 3 aromatic rings. The highest BCUT2D eigenvalue weighted by molar-refractivity contribution is 5.93. The van der Waals surface area contributed by atoms with Gasteiger partial charge in [-0.1, -0.05) is 24.3 Å². The molecule has 1 aliphatic heterocycles. The lowest BCUT2D eigenvalue weighted by atomic mass is 10.1. The van der Waals surface area contributed by atoms with Crippen LogP contribution in [0.3, 0.4) is 0 Å². The minimum Gasteiger partial charge on any atom is -0.298 e. The number of carbonyl (C=O) groups excluding carboxylic acids is 1. The van der Waals surface area contributed by atoms with E-state index in [1.54, 1.807) is 18.5 Å². The summed E-state index contributed by atoms with van der Waals surface area (Å²) in [7, 11) is 1.61. The quantitative estimate of drug-likeness (QED) is 0.641. The minimum absolute atomic E-state index is 0.0736. The highest BCUT2D eigenvalue weighted by Gasteiger charge is 2.33. The third-order valence-corrected chi connectivity index (χ3v) is 6.16. The third kappa shape index (κ3) is 3.11. The van der Waals surface area contributed by atoms with E-state index in [1.165, 1.54) is 21.1 Å². The summed E-state index contributed by atoms with van der Waals surface area (Å²) >= 11 is 0. The molecule has 2 aromatic heterocycles. The molecule has 2 atom stereocenters. The van der Waals surface area contributed by atoms with Crippen LogP contribution in [-0.4, -0.2) is 36.2 Å². The van der Waals surface area contributed by atoms with Crippen molar-refractivity contribution in [2.24, 2.45) is 12.1 Å². The van der Waals surface area contributed by atoms with Crippen LogP contribution in [0.2, 0.25) is 0 Å². The van der Waals surface area contributed by atoms with Gasteiger partial charge in [0.25, 0.3) is 5.56 Å². The summed E-state index contributed by atoms with van der Waals surface area (Å²) in [5.41, 5.74) is 2.42. The van der Waals surface area contributed by atoms with Gasteiger partial charge in [0.15, 0.2) is 16.9 Å². The van der Waals surface area contributed by atoms with Crippen molar-refractivity contribution in [2.75, 3.05) is 5.01 Å². The first-order chi connectivity index (χ1) is 14.6. The fourth-order valence-electron chi connectivity index (χ4n) is 3.87. The van der Waals surface area contributed by atoms with Crippen LogP contribution in [0.25, 0.3) is 11.2 Å². The Morgan fingerprint density at radius 1 is 1.19 bits per heavy atom. The van der Waals surface area contributed by atoms with Gasteiger partial charge in [0.2, 0.25) is 5.95 Å². The molecule has 0 aliphatic carbocycles. The first kappa shape index (κ1) is 20.8. The molecule has 0 bridgehead atoms. The van der Waals surface area contributed by atoms with Crippen molar-refractivity contribution in [3.05, 3.63) is 56.2 Å². The van der Waals surface area contributed by atoms with Crippen molar-refractivity contribution in [2.45, 2.75) is 53.2 Å². The maximum absolute atomic E-state index is 13.6. The molecule has 0 radical (unpaired) electrons. The number of aromatic nitrogens is 4. The minimum atomic E-state index is -0.552. The van der Waals surface area contributed by atoms with E-state index in [-0.39, 0.29) is 24.0 Å². The molecule has 0 N–H and O–H groups in total. The Balaban J connectivity index is 2.01. The predicted octanol–water partition coefficient (Wildman–Crippen LogP) is 1.99. The van der Waals surface area contributed by atoms with E-state index in [4.69, 9.17) is 0 Å². The Morgan fingerprint density at radius 3 is 2.52 bits per heavy atom. The smallest absolute Gasteiger partial charge is 0.298 e. The molecule has 0 saturated heterocycles. The molecule has 0 spiro atoms. The Labute approximate surface area is 179 Å². The van der Waals surface area contributed by atoms with E-state index in [0.29, 0.717) is 11.5 Å². The van der Waals surface area contributed by atoms with Gasteiger partial charge in [-0.05, 0) is 45.7 Å². The molecule has 162 valence electrons. The highest BCUT2D eigenvalue weighted by Crippen LogP contribution is 2.31. The molecule has 9 nitrogen and oxygen atoms in total. The lowest BCUT2D eigenvalue weighted by Gasteiger charge is -2.31. The van der Waals surface area contributed by atoms with Gasteiger partial charge >= 0.3 is 5.69 Å². The van der Waals surface area contributed by atoms with Crippen LogP contribution in [0.4, 0.5) is 5.95 Å². The number of hydrazone groups is 1. The Hall–Kier alpha value is -3.49. The Bertz CT molecular complexity index is 1360. The van der Waals surface area contributed by atoms with Crippen LogP contribution in [0.1, 0.15) is 44.9 Å². The zero-order valence-corrected chi connectivity index (χ0v) is 18.6. The average molecular weight is 422 g/mol. The van der Waals surface area contributed by atoms with Crippen LogP contribution in [-0.2, 0) is 18.4 Å². The number of rotatable bonds is 4. The molecule has 3 heterocycles. The van der Waals surface area contributed by atoms with Gasteiger partial charge in [-0.15, -0.1) is 0 Å². The number of imidazole rings is 1. The predicted molar refractivity (Wildman–Crippen MR) is 120 cm³/mol. The first-order valence-corrected chi connectivity index (χ1v) is 10.2. The van der Waals surface area contributed by atoms with Gasteiger partial charge in [-0.3, -0.25) is 23.3 Å². The lowest BCUT2D eigenvalue weighted by molar-refractivity contribution is -0.118. The summed E-state index contributed by atoms with van der Waals surface area (Å²) in [6, 6.07) is 6.88. The number of aryl methyl sites for hydroxylation is 2.